The van der Waals surface area contributed by atoms with Gasteiger partial charge >= 0.3 is 0 Å². The van der Waals surface area contributed by atoms with Crippen LogP contribution in [-0.2, 0) is 9.59 Å². The van der Waals surface area contributed by atoms with Crippen molar-refractivity contribution in [1.29, 1.82) is 0 Å². The lowest BCUT2D eigenvalue weighted by Gasteiger charge is -2.29. The number of ketones is 1. The number of carbonyl (C=O) groups is 2. The van der Waals surface area contributed by atoms with E-state index < -0.39 is 0 Å². The molecule has 1 aromatic carbocycles. The number of nitrogens with zero attached hydrogens (tertiary/aromatic N) is 1. The summed E-state index contributed by atoms with van der Waals surface area (Å²) >= 11 is 0. The lowest BCUT2D eigenvalue weighted by atomic mass is 10.0. The van der Waals surface area contributed by atoms with Crippen LogP contribution in [0.3, 0.4) is 0 Å². The van der Waals surface area contributed by atoms with Gasteiger partial charge in [-0.15, -0.1) is 0 Å². The highest BCUT2D eigenvalue weighted by Gasteiger charge is 2.30. The number of hydrogen-bond donors (Lipinski definition) is 0. The molecule has 0 N–H and O–H groups in total. The third kappa shape index (κ3) is 2.35. The topological polar surface area (TPSA) is 46.6 Å². The molecule has 1 amide bonds. The summed E-state index contributed by atoms with van der Waals surface area (Å²) in [5.41, 5.74) is 0.713. The molecule has 0 spiro atoms. The smallest absolute Gasteiger partial charge is 0.265 e. The highest BCUT2D eigenvalue weighted by molar-refractivity contribution is 6.02. The maximum atomic E-state index is 12.2. The molecule has 0 aromatic heterocycles. The van der Waals surface area contributed by atoms with Crippen molar-refractivity contribution < 1.29 is 14.3 Å². The average molecular weight is 259 g/mol. The van der Waals surface area contributed by atoms with Gasteiger partial charge < -0.3 is 4.74 Å². The van der Waals surface area contributed by atoms with E-state index in [1.54, 1.807) is 4.90 Å². The normalized spacial score (nSPS) is 19.2. The second-order valence-corrected chi connectivity index (χ2v) is 5.18. The van der Waals surface area contributed by atoms with E-state index in [-0.39, 0.29) is 30.8 Å². The molecule has 0 saturated heterocycles. The Hall–Kier alpha value is -1.84. The molecule has 0 atom stereocenters. The van der Waals surface area contributed by atoms with Crippen LogP contribution in [0.15, 0.2) is 24.3 Å². The molecule has 1 fully saturated rings. The van der Waals surface area contributed by atoms with Gasteiger partial charge in [0.15, 0.2) is 12.4 Å². The largest absolute Gasteiger partial charge is 0.482 e. The molecule has 4 nitrogen and oxygen atoms in total. The minimum absolute atomic E-state index is 0.0228. The maximum Gasteiger partial charge on any atom is 0.265 e. The Bertz CT molecular complexity index is 506. The number of fused-ring (bicyclic) bond motifs is 1. The molecule has 1 saturated carbocycles. The summed E-state index contributed by atoms with van der Waals surface area (Å²) in [6.45, 7) is 0.207. The van der Waals surface area contributed by atoms with Gasteiger partial charge in [-0.3, -0.25) is 14.5 Å². The van der Waals surface area contributed by atoms with Gasteiger partial charge in [0.25, 0.3) is 5.91 Å². The van der Waals surface area contributed by atoms with Gasteiger partial charge in [-0.25, -0.2) is 0 Å². The van der Waals surface area contributed by atoms with Gasteiger partial charge in [0.05, 0.1) is 12.2 Å². The van der Waals surface area contributed by atoms with E-state index in [1.165, 1.54) is 0 Å². The minimum atomic E-state index is -0.134. The van der Waals surface area contributed by atoms with Crippen molar-refractivity contribution in [2.24, 2.45) is 5.92 Å². The molecule has 0 bridgehead atoms. The molecule has 4 heteroatoms. The second-order valence-electron chi connectivity index (χ2n) is 5.18. The van der Waals surface area contributed by atoms with Gasteiger partial charge in [-0.2, -0.15) is 0 Å². The first-order chi connectivity index (χ1) is 9.25. The van der Waals surface area contributed by atoms with Crippen molar-refractivity contribution in [3.8, 4) is 5.75 Å². The number of amides is 1. The molecule has 100 valence electrons. The summed E-state index contributed by atoms with van der Waals surface area (Å²) in [7, 11) is 0. The summed E-state index contributed by atoms with van der Waals surface area (Å²) in [5.74, 6) is 0.872. The Kier molecular flexibility index (Phi) is 3.23. The molecule has 1 aromatic rings. The van der Waals surface area contributed by atoms with E-state index in [4.69, 9.17) is 4.74 Å². The minimum Gasteiger partial charge on any atom is -0.482 e. The van der Waals surface area contributed by atoms with Gasteiger partial charge in [-0.1, -0.05) is 25.0 Å². The summed E-state index contributed by atoms with van der Waals surface area (Å²) in [6.07, 6.45) is 4.20. The summed E-state index contributed by atoms with van der Waals surface area (Å²) in [5, 5.41) is 0. The van der Waals surface area contributed by atoms with Crippen molar-refractivity contribution in [2.75, 3.05) is 18.1 Å². The van der Waals surface area contributed by atoms with Crippen LogP contribution >= 0.6 is 0 Å². The van der Waals surface area contributed by atoms with Crippen molar-refractivity contribution in [3.63, 3.8) is 0 Å². The van der Waals surface area contributed by atoms with E-state index in [2.05, 4.69) is 0 Å². The standard InChI is InChI=1S/C15H17NO3/c17-13(11-5-1-2-6-11)9-16-12-7-3-4-8-14(12)19-10-15(16)18/h3-4,7-8,11H,1-2,5-6,9-10H2. The Morgan fingerprint density at radius 3 is 2.79 bits per heavy atom. The van der Waals surface area contributed by atoms with Crippen LogP contribution in [0.25, 0.3) is 0 Å². The first-order valence-corrected chi connectivity index (χ1v) is 6.80. The molecule has 1 aliphatic carbocycles. The zero-order valence-corrected chi connectivity index (χ0v) is 10.8. The van der Waals surface area contributed by atoms with Crippen molar-refractivity contribution in [2.45, 2.75) is 25.7 Å². The van der Waals surface area contributed by atoms with Gasteiger partial charge in [-0.05, 0) is 25.0 Å². The first-order valence-electron chi connectivity index (χ1n) is 6.80. The van der Waals surface area contributed by atoms with Crippen LogP contribution < -0.4 is 9.64 Å². The predicted molar refractivity (Wildman–Crippen MR) is 71.3 cm³/mol. The zero-order valence-electron chi connectivity index (χ0n) is 10.8. The maximum absolute atomic E-state index is 12.2. The molecule has 3 rings (SSSR count). The zero-order chi connectivity index (χ0) is 13.2. The van der Waals surface area contributed by atoms with E-state index in [0.29, 0.717) is 11.4 Å². The monoisotopic (exact) mass is 259 g/mol. The van der Waals surface area contributed by atoms with Crippen LogP contribution in [-0.4, -0.2) is 24.8 Å². The number of benzene rings is 1. The molecular formula is C15H17NO3. The number of anilines is 1. The lowest BCUT2D eigenvalue weighted by Crippen LogP contribution is -2.43. The second kappa shape index (κ2) is 5.03. The van der Waals surface area contributed by atoms with Crippen molar-refractivity contribution in [3.05, 3.63) is 24.3 Å². The fraction of sp³-hybridized carbons (Fsp3) is 0.467. The average Bonchev–Trinajstić information content (AvgIpc) is 2.96. The van der Waals surface area contributed by atoms with Crippen LogP contribution in [0, 0.1) is 5.92 Å². The van der Waals surface area contributed by atoms with E-state index >= 15 is 0 Å². The third-order valence-electron chi connectivity index (χ3n) is 3.93. The van der Waals surface area contributed by atoms with Crippen LogP contribution in [0.4, 0.5) is 5.69 Å². The van der Waals surface area contributed by atoms with Crippen LogP contribution in [0.5, 0.6) is 5.75 Å². The molecule has 1 heterocycles. The predicted octanol–water partition coefficient (Wildman–Crippen LogP) is 2.17. The Labute approximate surface area is 112 Å². The van der Waals surface area contributed by atoms with Gasteiger partial charge in [0, 0.05) is 5.92 Å². The highest BCUT2D eigenvalue weighted by atomic mass is 16.5. The highest BCUT2D eigenvalue weighted by Crippen LogP contribution is 2.32. The number of hydrogen-bond acceptors (Lipinski definition) is 3. The summed E-state index contributed by atoms with van der Waals surface area (Å²) in [6, 6.07) is 7.38. The SMILES string of the molecule is O=C(CN1C(=O)COc2ccccc21)C1CCCC1. The lowest BCUT2D eigenvalue weighted by molar-refractivity contribution is -0.126. The molecule has 19 heavy (non-hydrogen) atoms. The number of ether oxygens (including phenoxy) is 1. The van der Waals surface area contributed by atoms with Gasteiger partial charge in [0.2, 0.25) is 0 Å². The summed E-state index contributed by atoms with van der Waals surface area (Å²) < 4.78 is 5.37. The number of para-hydroxylation sites is 2. The summed E-state index contributed by atoms with van der Waals surface area (Å²) in [4.78, 5) is 25.8. The third-order valence-corrected chi connectivity index (χ3v) is 3.93. The molecule has 0 unspecified atom stereocenters. The molecule has 0 radical (unpaired) electrons. The van der Waals surface area contributed by atoms with E-state index in [0.717, 1.165) is 25.7 Å². The van der Waals surface area contributed by atoms with Crippen LogP contribution in [0.1, 0.15) is 25.7 Å². The number of rotatable bonds is 3. The number of Topliss-reactive ketones (excluding diaryl/α,β-unsaturated/α-hetero) is 1. The fourth-order valence-corrected chi connectivity index (χ4v) is 2.86. The molecule has 2 aliphatic rings. The number of carbonyl (C=O) groups excluding carboxylic acids is 2. The first kappa shape index (κ1) is 12.2. The quantitative estimate of drug-likeness (QED) is 0.835. The van der Waals surface area contributed by atoms with Crippen LogP contribution in [0.2, 0.25) is 0 Å². The van der Waals surface area contributed by atoms with Crippen molar-refractivity contribution in [1.82, 2.24) is 0 Å². The fourth-order valence-electron chi connectivity index (χ4n) is 2.86. The van der Waals surface area contributed by atoms with E-state index in [9.17, 15) is 9.59 Å². The molecular weight excluding hydrogens is 242 g/mol. The van der Waals surface area contributed by atoms with Crippen molar-refractivity contribution >= 4 is 17.4 Å². The van der Waals surface area contributed by atoms with E-state index in [1.807, 2.05) is 24.3 Å². The Morgan fingerprint density at radius 1 is 1.26 bits per heavy atom. The molecule has 1 aliphatic heterocycles. The Balaban J connectivity index is 1.79. The Morgan fingerprint density at radius 2 is 2.00 bits per heavy atom. The van der Waals surface area contributed by atoms with Gasteiger partial charge in [0.1, 0.15) is 5.75 Å².